The Balaban J connectivity index is 2.79. The van der Waals surface area contributed by atoms with Crippen molar-refractivity contribution in [1.29, 1.82) is 0 Å². The van der Waals surface area contributed by atoms with Crippen LogP contribution in [0.2, 0.25) is 0 Å². The first-order valence-electron chi connectivity index (χ1n) is 5.95. The fraction of sp³-hybridized carbons (Fsp3) is 1.00. The second-order valence-electron chi connectivity index (χ2n) is 5.63. The minimum absolute atomic E-state index is 0.898. The average Bonchev–Trinajstić information content (AvgIpc) is 2.15. The summed E-state index contributed by atoms with van der Waals surface area (Å²) in [6.45, 7) is 14.6. The van der Waals surface area contributed by atoms with Crippen LogP contribution in [0.25, 0.3) is 0 Å². The van der Waals surface area contributed by atoms with Gasteiger partial charge >= 0.3 is 0 Å². The fourth-order valence-corrected chi connectivity index (χ4v) is 3.01. The van der Waals surface area contributed by atoms with Crippen LogP contribution >= 0.6 is 0 Å². The van der Waals surface area contributed by atoms with E-state index in [0.717, 1.165) is 35.5 Å². The van der Waals surface area contributed by atoms with E-state index < -0.39 is 0 Å². The van der Waals surface area contributed by atoms with Crippen molar-refractivity contribution >= 4 is 0 Å². The highest BCUT2D eigenvalue weighted by Gasteiger charge is 2.34. The summed E-state index contributed by atoms with van der Waals surface area (Å²) in [6.07, 6.45) is 1.43. The van der Waals surface area contributed by atoms with Crippen LogP contribution in [0.15, 0.2) is 0 Å². The third-order valence-corrected chi connectivity index (χ3v) is 5.03. The molecule has 0 nitrogen and oxygen atoms in total. The summed E-state index contributed by atoms with van der Waals surface area (Å²) in [5.74, 6) is 5.43. The molecule has 6 unspecified atom stereocenters. The molecule has 0 aromatic heterocycles. The summed E-state index contributed by atoms with van der Waals surface area (Å²) in [5.41, 5.74) is 0. The van der Waals surface area contributed by atoms with Crippen LogP contribution < -0.4 is 0 Å². The Morgan fingerprint density at radius 2 is 0.846 bits per heavy atom. The molecule has 1 aliphatic rings. The Morgan fingerprint density at radius 3 is 1.15 bits per heavy atom. The Labute approximate surface area is 84.1 Å². The maximum absolute atomic E-state index is 2.44. The van der Waals surface area contributed by atoms with E-state index in [1.165, 1.54) is 6.42 Å². The summed E-state index contributed by atoms with van der Waals surface area (Å²) in [4.78, 5) is 0. The lowest BCUT2D eigenvalue weighted by Crippen LogP contribution is -2.22. The number of rotatable bonds is 0. The van der Waals surface area contributed by atoms with Crippen molar-refractivity contribution < 1.29 is 0 Å². The molecule has 6 atom stereocenters. The minimum Gasteiger partial charge on any atom is -0.0622 e. The molecule has 0 spiro atoms. The molecule has 0 N–H and O–H groups in total. The largest absolute Gasteiger partial charge is 0.0622 e. The van der Waals surface area contributed by atoms with Gasteiger partial charge in [0.2, 0.25) is 0 Å². The zero-order chi connectivity index (χ0) is 10.2. The monoisotopic (exact) mass is 182 g/mol. The first-order chi connectivity index (χ1) is 5.95. The highest BCUT2D eigenvalue weighted by atomic mass is 14.4. The molecule has 0 amide bonds. The zero-order valence-corrected chi connectivity index (χ0v) is 10.2. The van der Waals surface area contributed by atoms with E-state index >= 15 is 0 Å². The first-order valence-corrected chi connectivity index (χ1v) is 5.95. The predicted octanol–water partition coefficient (Wildman–Crippen LogP) is 4.21. The summed E-state index contributed by atoms with van der Waals surface area (Å²) in [5, 5.41) is 0. The zero-order valence-electron chi connectivity index (χ0n) is 10.2. The molecule has 1 saturated carbocycles. The molecule has 0 saturated heterocycles. The maximum Gasteiger partial charge on any atom is -0.0386 e. The summed E-state index contributed by atoms with van der Waals surface area (Å²) in [6, 6.07) is 0. The summed E-state index contributed by atoms with van der Waals surface area (Å²) >= 11 is 0. The van der Waals surface area contributed by atoms with Crippen LogP contribution in [0, 0.1) is 35.5 Å². The van der Waals surface area contributed by atoms with Gasteiger partial charge in [0.15, 0.2) is 0 Å². The minimum atomic E-state index is 0.898. The second kappa shape index (κ2) is 4.02. The van der Waals surface area contributed by atoms with E-state index in [1.807, 2.05) is 0 Å². The summed E-state index contributed by atoms with van der Waals surface area (Å²) in [7, 11) is 0. The van der Waals surface area contributed by atoms with Crippen LogP contribution in [0.5, 0.6) is 0 Å². The van der Waals surface area contributed by atoms with Gasteiger partial charge in [0, 0.05) is 0 Å². The number of hydrogen-bond acceptors (Lipinski definition) is 0. The molecular formula is C13H26. The lowest BCUT2D eigenvalue weighted by atomic mass is 9.77. The first kappa shape index (κ1) is 11.1. The molecule has 0 radical (unpaired) electrons. The van der Waals surface area contributed by atoms with Gasteiger partial charge < -0.3 is 0 Å². The molecule has 1 fully saturated rings. The smallest absolute Gasteiger partial charge is 0.0386 e. The van der Waals surface area contributed by atoms with Crippen molar-refractivity contribution in [3.63, 3.8) is 0 Å². The summed E-state index contributed by atoms with van der Waals surface area (Å²) < 4.78 is 0. The van der Waals surface area contributed by atoms with Crippen molar-refractivity contribution in [3.05, 3.63) is 0 Å². The highest BCUT2D eigenvalue weighted by Crippen LogP contribution is 2.41. The normalized spacial score (nSPS) is 53.1. The second-order valence-corrected chi connectivity index (χ2v) is 5.63. The third-order valence-electron chi connectivity index (χ3n) is 5.03. The van der Waals surface area contributed by atoms with E-state index in [2.05, 4.69) is 41.5 Å². The molecule has 13 heavy (non-hydrogen) atoms. The van der Waals surface area contributed by atoms with Gasteiger partial charge in [-0.3, -0.25) is 0 Å². The lowest BCUT2D eigenvalue weighted by Gasteiger charge is -2.29. The average molecular weight is 182 g/mol. The Kier molecular flexibility index (Phi) is 3.43. The van der Waals surface area contributed by atoms with Gasteiger partial charge in [0.25, 0.3) is 0 Å². The molecule has 0 aliphatic heterocycles. The van der Waals surface area contributed by atoms with E-state index in [0.29, 0.717) is 0 Å². The molecule has 0 aromatic rings. The van der Waals surface area contributed by atoms with Crippen LogP contribution in [-0.2, 0) is 0 Å². The van der Waals surface area contributed by atoms with Gasteiger partial charge in [0.1, 0.15) is 0 Å². The molecule has 1 aliphatic carbocycles. The topological polar surface area (TPSA) is 0 Å². The van der Waals surface area contributed by atoms with Gasteiger partial charge in [0.05, 0.1) is 0 Å². The van der Waals surface area contributed by atoms with Crippen LogP contribution in [0.3, 0.4) is 0 Å². The van der Waals surface area contributed by atoms with Crippen molar-refractivity contribution in [3.8, 4) is 0 Å². The SMILES string of the molecule is CC1CC(C)C(C)C(C)C(C)C1C. The predicted molar refractivity (Wildman–Crippen MR) is 59.6 cm³/mol. The van der Waals surface area contributed by atoms with E-state index in [9.17, 15) is 0 Å². The maximum atomic E-state index is 2.44. The molecular weight excluding hydrogens is 156 g/mol. The van der Waals surface area contributed by atoms with Gasteiger partial charge in [-0.25, -0.2) is 0 Å². The standard InChI is InChI=1S/C13H26/c1-8-7-9(2)11(4)13(6)12(5)10(8)3/h8-13H,7H2,1-6H3. The van der Waals surface area contributed by atoms with Gasteiger partial charge in [-0.05, 0) is 41.9 Å². The Morgan fingerprint density at radius 1 is 0.538 bits per heavy atom. The van der Waals surface area contributed by atoms with Gasteiger partial charge in [-0.15, -0.1) is 0 Å². The van der Waals surface area contributed by atoms with Gasteiger partial charge in [-0.1, -0.05) is 41.5 Å². The van der Waals surface area contributed by atoms with Crippen molar-refractivity contribution in [2.45, 2.75) is 48.0 Å². The number of hydrogen-bond donors (Lipinski definition) is 0. The molecule has 0 heterocycles. The van der Waals surface area contributed by atoms with Gasteiger partial charge in [-0.2, -0.15) is 0 Å². The molecule has 1 rings (SSSR count). The quantitative estimate of drug-likeness (QED) is 0.492. The van der Waals surface area contributed by atoms with Crippen molar-refractivity contribution in [2.75, 3.05) is 0 Å². The lowest BCUT2D eigenvalue weighted by molar-refractivity contribution is 0.199. The Hall–Kier alpha value is 0. The molecule has 0 aromatic carbocycles. The fourth-order valence-electron chi connectivity index (χ4n) is 3.01. The highest BCUT2D eigenvalue weighted by molar-refractivity contribution is 4.83. The van der Waals surface area contributed by atoms with E-state index in [1.54, 1.807) is 0 Å². The Bertz CT molecular complexity index is 143. The molecule has 0 bridgehead atoms. The van der Waals surface area contributed by atoms with E-state index in [4.69, 9.17) is 0 Å². The van der Waals surface area contributed by atoms with Crippen LogP contribution in [-0.4, -0.2) is 0 Å². The van der Waals surface area contributed by atoms with E-state index in [-0.39, 0.29) is 0 Å². The van der Waals surface area contributed by atoms with Crippen molar-refractivity contribution in [1.82, 2.24) is 0 Å². The van der Waals surface area contributed by atoms with Crippen LogP contribution in [0.4, 0.5) is 0 Å². The molecule has 78 valence electrons. The van der Waals surface area contributed by atoms with Crippen molar-refractivity contribution in [2.24, 2.45) is 35.5 Å². The van der Waals surface area contributed by atoms with Crippen LogP contribution in [0.1, 0.15) is 48.0 Å². The third kappa shape index (κ3) is 2.08. The molecule has 0 heteroatoms.